The van der Waals surface area contributed by atoms with Gasteiger partial charge in [-0.05, 0) is 24.4 Å². The Kier molecular flexibility index (Phi) is 5.80. The first-order valence-corrected chi connectivity index (χ1v) is 9.58. The van der Waals surface area contributed by atoms with Gasteiger partial charge in [0.1, 0.15) is 11.6 Å². The summed E-state index contributed by atoms with van der Waals surface area (Å²) in [7, 11) is 0. The van der Waals surface area contributed by atoms with Crippen molar-refractivity contribution in [3.8, 4) is 0 Å². The van der Waals surface area contributed by atoms with E-state index in [1.54, 1.807) is 70.4 Å². The molecule has 0 aliphatic rings. The van der Waals surface area contributed by atoms with E-state index in [1.807, 2.05) is 0 Å². The minimum Gasteiger partial charge on any atom is -0.330 e. The molecule has 152 valence electrons. The minimum absolute atomic E-state index is 0.271. The standard InChI is InChI=1S/C21H18F2N6S/c22-18-7-3-1-5-15(18)12-28-10-9-20(27-28)26-21(30)25-17-11-24-29(14-17)13-16-6-2-4-8-19(16)23/h1-11,14H,12-13H2,(H2,25,26,27,30). The summed E-state index contributed by atoms with van der Waals surface area (Å²) in [5.74, 6) is -0.0136. The van der Waals surface area contributed by atoms with Crippen molar-refractivity contribution in [2.45, 2.75) is 13.1 Å². The molecule has 9 heteroatoms. The van der Waals surface area contributed by atoms with Gasteiger partial charge in [-0.25, -0.2) is 8.78 Å². The van der Waals surface area contributed by atoms with Crippen LogP contribution in [-0.4, -0.2) is 24.7 Å². The van der Waals surface area contributed by atoms with Crippen LogP contribution in [0.25, 0.3) is 0 Å². The van der Waals surface area contributed by atoms with Crippen molar-refractivity contribution in [2.75, 3.05) is 10.6 Å². The first-order chi connectivity index (χ1) is 14.6. The molecule has 0 aliphatic heterocycles. The van der Waals surface area contributed by atoms with Crippen LogP contribution in [0.1, 0.15) is 11.1 Å². The molecule has 0 spiro atoms. The molecule has 2 heterocycles. The Labute approximate surface area is 177 Å². The van der Waals surface area contributed by atoms with Gasteiger partial charge >= 0.3 is 0 Å². The molecule has 0 atom stereocenters. The van der Waals surface area contributed by atoms with Crippen molar-refractivity contribution in [3.63, 3.8) is 0 Å². The number of rotatable bonds is 6. The fourth-order valence-corrected chi connectivity index (χ4v) is 3.13. The van der Waals surface area contributed by atoms with Crippen LogP contribution in [0.2, 0.25) is 0 Å². The smallest absolute Gasteiger partial charge is 0.176 e. The van der Waals surface area contributed by atoms with Gasteiger partial charge in [0.2, 0.25) is 0 Å². The number of thiocarbonyl (C=S) groups is 1. The summed E-state index contributed by atoms with van der Waals surface area (Å²) in [4.78, 5) is 0. The quantitative estimate of drug-likeness (QED) is 0.453. The molecule has 0 aliphatic carbocycles. The number of hydrogen-bond acceptors (Lipinski definition) is 3. The van der Waals surface area contributed by atoms with E-state index in [9.17, 15) is 8.78 Å². The predicted octanol–water partition coefficient (Wildman–Crippen LogP) is 4.26. The van der Waals surface area contributed by atoms with Crippen molar-refractivity contribution in [1.29, 1.82) is 0 Å². The maximum Gasteiger partial charge on any atom is 0.176 e. The summed E-state index contributed by atoms with van der Waals surface area (Å²) < 4.78 is 30.8. The van der Waals surface area contributed by atoms with Crippen LogP contribution < -0.4 is 10.6 Å². The summed E-state index contributed by atoms with van der Waals surface area (Å²) in [5, 5.41) is 14.9. The number of halogens is 2. The third kappa shape index (κ3) is 4.87. The SMILES string of the molecule is Fc1ccccc1Cn1cc(NC(=S)Nc2ccn(Cc3ccccc3F)n2)cn1. The van der Waals surface area contributed by atoms with Crippen LogP contribution in [0.5, 0.6) is 0 Å². The van der Waals surface area contributed by atoms with Crippen molar-refractivity contribution >= 4 is 28.8 Å². The Balaban J connectivity index is 1.33. The fourth-order valence-electron chi connectivity index (χ4n) is 2.91. The van der Waals surface area contributed by atoms with Gasteiger partial charge in [0.15, 0.2) is 10.9 Å². The van der Waals surface area contributed by atoms with Gasteiger partial charge in [0.05, 0.1) is 25.0 Å². The molecule has 0 saturated heterocycles. The summed E-state index contributed by atoms with van der Waals surface area (Å²) in [6.45, 7) is 0.631. The van der Waals surface area contributed by atoms with E-state index in [0.717, 1.165) is 0 Å². The highest BCUT2D eigenvalue weighted by molar-refractivity contribution is 7.80. The van der Waals surface area contributed by atoms with Gasteiger partial charge in [-0.3, -0.25) is 9.36 Å². The average Bonchev–Trinajstić information content (AvgIpc) is 3.35. The van der Waals surface area contributed by atoms with Crippen molar-refractivity contribution in [2.24, 2.45) is 0 Å². The molecule has 0 fully saturated rings. The first-order valence-electron chi connectivity index (χ1n) is 9.17. The van der Waals surface area contributed by atoms with Crippen LogP contribution in [0.4, 0.5) is 20.3 Å². The second-order valence-electron chi connectivity index (χ2n) is 6.59. The van der Waals surface area contributed by atoms with Gasteiger partial charge in [0, 0.05) is 29.6 Å². The summed E-state index contributed by atoms with van der Waals surface area (Å²) in [5.41, 5.74) is 1.76. The molecule has 0 unspecified atom stereocenters. The molecule has 2 aromatic carbocycles. The normalized spacial score (nSPS) is 10.7. The molecule has 2 N–H and O–H groups in total. The third-order valence-electron chi connectivity index (χ3n) is 4.35. The molecule has 2 aromatic heterocycles. The van der Waals surface area contributed by atoms with E-state index in [4.69, 9.17) is 12.2 Å². The predicted molar refractivity (Wildman–Crippen MR) is 115 cm³/mol. The van der Waals surface area contributed by atoms with Crippen molar-refractivity contribution < 1.29 is 8.78 Å². The fraction of sp³-hybridized carbons (Fsp3) is 0.0952. The zero-order valence-corrected chi connectivity index (χ0v) is 16.6. The maximum absolute atomic E-state index is 13.8. The second-order valence-corrected chi connectivity index (χ2v) is 7.00. The largest absolute Gasteiger partial charge is 0.330 e. The molecule has 4 aromatic rings. The van der Waals surface area contributed by atoms with Crippen LogP contribution >= 0.6 is 12.2 Å². The number of aromatic nitrogens is 4. The van der Waals surface area contributed by atoms with E-state index in [2.05, 4.69) is 20.8 Å². The van der Waals surface area contributed by atoms with Crippen LogP contribution in [0.15, 0.2) is 73.2 Å². The van der Waals surface area contributed by atoms with Crippen molar-refractivity contribution in [3.05, 3.63) is 95.9 Å². The lowest BCUT2D eigenvalue weighted by molar-refractivity contribution is 0.585. The molecule has 0 saturated carbocycles. The third-order valence-corrected chi connectivity index (χ3v) is 4.56. The lowest BCUT2D eigenvalue weighted by atomic mass is 10.2. The molecular weight excluding hydrogens is 406 g/mol. The van der Waals surface area contributed by atoms with Gasteiger partial charge in [-0.1, -0.05) is 36.4 Å². The maximum atomic E-state index is 13.8. The van der Waals surface area contributed by atoms with Gasteiger partial charge in [-0.15, -0.1) is 0 Å². The summed E-state index contributed by atoms with van der Waals surface area (Å²) in [6.07, 6.45) is 5.08. The molecule has 6 nitrogen and oxygen atoms in total. The number of anilines is 2. The molecule has 0 radical (unpaired) electrons. The molecule has 30 heavy (non-hydrogen) atoms. The van der Waals surface area contributed by atoms with Crippen LogP contribution in [-0.2, 0) is 13.1 Å². The molecule has 0 bridgehead atoms. The lowest BCUT2D eigenvalue weighted by Crippen LogP contribution is -2.19. The van der Waals surface area contributed by atoms with Gasteiger partial charge < -0.3 is 10.6 Å². The molecular formula is C21H18F2N6S. The van der Waals surface area contributed by atoms with Crippen molar-refractivity contribution in [1.82, 2.24) is 19.6 Å². The second kappa shape index (κ2) is 8.83. The number of benzene rings is 2. The zero-order chi connectivity index (χ0) is 20.9. The Morgan fingerprint density at radius 2 is 1.50 bits per heavy atom. The Morgan fingerprint density at radius 1 is 0.867 bits per heavy atom. The monoisotopic (exact) mass is 424 g/mol. The van der Waals surface area contributed by atoms with E-state index in [-0.39, 0.29) is 11.6 Å². The highest BCUT2D eigenvalue weighted by Gasteiger charge is 2.07. The van der Waals surface area contributed by atoms with E-state index < -0.39 is 0 Å². The number of nitrogens with zero attached hydrogens (tertiary/aromatic N) is 4. The van der Waals surface area contributed by atoms with Crippen LogP contribution in [0, 0.1) is 11.6 Å². The minimum atomic E-state index is -0.273. The molecule has 4 rings (SSSR count). The summed E-state index contributed by atoms with van der Waals surface area (Å²) >= 11 is 5.31. The van der Waals surface area contributed by atoms with E-state index >= 15 is 0 Å². The van der Waals surface area contributed by atoms with Gasteiger partial charge in [0.25, 0.3) is 0 Å². The Bertz CT molecular complexity index is 1080. The van der Waals surface area contributed by atoms with E-state index in [0.29, 0.717) is 40.8 Å². The Hall–Kier alpha value is -3.59. The highest BCUT2D eigenvalue weighted by atomic mass is 32.1. The lowest BCUT2D eigenvalue weighted by Gasteiger charge is -2.07. The first kappa shape index (κ1) is 19.7. The Morgan fingerprint density at radius 3 is 2.17 bits per heavy atom. The number of hydrogen-bond donors (Lipinski definition) is 2. The topological polar surface area (TPSA) is 59.7 Å². The van der Waals surface area contributed by atoms with Gasteiger partial charge in [-0.2, -0.15) is 10.2 Å². The average molecular weight is 424 g/mol. The highest BCUT2D eigenvalue weighted by Crippen LogP contribution is 2.13. The molecule has 0 amide bonds. The van der Waals surface area contributed by atoms with E-state index in [1.165, 1.54) is 12.1 Å². The number of nitrogens with one attached hydrogen (secondary N) is 2. The summed E-state index contributed by atoms with van der Waals surface area (Å²) in [6, 6.07) is 14.9. The van der Waals surface area contributed by atoms with Crippen LogP contribution in [0.3, 0.4) is 0 Å². The zero-order valence-electron chi connectivity index (χ0n) is 15.8.